The molecule has 10 heteroatoms. The number of nitro groups is 1. The summed E-state index contributed by atoms with van der Waals surface area (Å²) in [7, 11) is 0. The summed E-state index contributed by atoms with van der Waals surface area (Å²) in [6.45, 7) is -0.521. The van der Waals surface area contributed by atoms with Crippen LogP contribution in [0, 0.1) is 10.1 Å². The number of nitro benzene ring substituents is 1. The Kier molecular flexibility index (Phi) is 5.73. The van der Waals surface area contributed by atoms with Gasteiger partial charge in [0.05, 0.1) is 15.6 Å². The zero-order valence-corrected chi connectivity index (χ0v) is 16.6. The van der Waals surface area contributed by atoms with E-state index in [9.17, 15) is 19.7 Å². The number of hydrogen-bond acceptors (Lipinski definition) is 6. The molecule has 0 unspecified atom stereocenters. The molecule has 3 rings (SSSR count). The average molecular weight is 470 g/mol. The number of non-ortho nitro benzene ring substituents is 1. The molecule has 0 spiro atoms. The first-order valence-corrected chi connectivity index (χ1v) is 9.43. The number of nitrogens with one attached hydrogen (secondary N) is 1. The van der Waals surface area contributed by atoms with Crippen molar-refractivity contribution in [1.82, 2.24) is 0 Å². The highest BCUT2D eigenvalue weighted by Gasteiger charge is 2.19. The summed E-state index contributed by atoms with van der Waals surface area (Å²) in [5, 5.41) is 14.3. The molecule has 0 aliphatic carbocycles. The van der Waals surface area contributed by atoms with Gasteiger partial charge in [-0.3, -0.25) is 14.9 Å². The van der Waals surface area contributed by atoms with E-state index in [0.717, 1.165) is 10.1 Å². The summed E-state index contributed by atoms with van der Waals surface area (Å²) >= 11 is 10.5. The minimum atomic E-state index is -0.695. The van der Waals surface area contributed by atoms with Crippen LogP contribution >= 0.6 is 38.9 Å². The van der Waals surface area contributed by atoms with Crippen molar-refractivity contribution in [3.8, 4) is 0 Å². The van der Waals surface area contributed by atoms with Crippen LogP contribution in [-0.2, 0) is 9.53 Å². The fraction of sp³-hybridized carbons (Fsp3) is 0.0588. The molecule has 3 aromatic rings. The maximum absolute atomic E-state index is 12.2. The monoisotopic (exact) mass is 468 g/mol. The third kappa shape index (κ3) is 4.26. The minimum Gasteiger partial charge on any atom is -0.451 e. The van der Waals surface area contributed by atoms with Crippen LogP contribution in [0.15, 0.2) is 46.9 Å². The summed E-state index contributed by atoms with van der Waals surface area (Å²) in [6, 6.07) is 11.2. The van der Waals surface area contributed by atoms with Crippen LogP contribution in [0.1, 0.15) is 9.67 Å². The number of hydrogen-bond donors (Lipinski definition) is 1. The zero-order chi connectivity index (χ0) is 19.6. The Bertz CT molecular complexity index is 1070. The molecule has 1 amide bonds. The molecule has 7 nitrogen and oxygen atoms in total. The second-order valence-electron chi connectivity index (χ2n) is 5.29. The van der Waals surface area contributed by atoms with E-state index in [4.69, 9.17) is 16.3 Å². The smallest absolute Gasteiger partial charge is 0.350 e. The molecule has 138 valence electrons. The van der Waals surface area contributed by atoms with Gasteiger partial charge in [0, 0.05) is 26.7 Å². The highest BCUT2D eigenvalue weighted by Crippen LogP contribution is 2.35. The van der Waals surface area contributed by atoms with E-state index in [1.807, 2.05) is 18.2 Å². The number of nitrogens with zero attached hydrogens (tertiary/aromatic N) is 1. The van der Waals surface area contributed by atoms with Gasteiger partial charge in [-0.15, -0.1) is 11.3 Å². The van der Waals surface area contributed by atoms with Gasteiger partial charge in [-0.2, -0.15) is 0 Å². The maximum Gasteiger partial charge on any atom is 0.350 e. The first-order valence-electron chi connectivity index (χ1n) is 7.44. The second-order valence-corrected chi connectivity index (χ2v) is 7.57. The van der Waals surface area contributed by atoms with E-state index in [2.05, 4.69) is 21.2 Å². The van der Waals surface area contributed by atoms with Crippen LogP contribution < -0.4 is 5.32 Å². The Labute approximate surface area is 170 Å². The summed E-state index contributed by atoms with van der Waals surface area (Å²) in [4.78, 5) is 34.6. The SMILES string of the molecule is O=C(COC(=O)c1sc2ccccc2c1Cl)Nc1ccc([N+](=O)[O-])cc1Br. The molecular formula is C17H10BrClN2O5S. The van der Waals surface area contributed by atoms with Crippen molar-refractivity contribution in [2.45, 2.75) is 0 Å². The lowest BCUT2D eigenvalue weighted by Crippen LogP contribution is -2.21. The van der Waals surface area contributed by atoms with Gasteiger partial charge >= 0.3 is 5.97 Å². The van der Waals surface area contributed by atoms with E-state index >= 15 is 0 Å². The number of halogens is 2. The van der Waals surface area contributed by atoms with Crippen LogP contribution in [0.25, 0.3) is 10.1 Å². The molecule has 0 bridgehead atoms. The number of fused-ring (bicyclic) bond motifs is 1. The van der Waals surface area contributed by atoms with Gasteiger partial charge in [-0.05, 0) is 28.1 Å². The molecule has 0 aliphatic heterocycles. The Morgan fingerprint density at radius 2 is 2.00 bits per heavy atom. The topological polar surface area (TPSA) is 98.5 Å². The van der Waals surface area contributed by atoms with E-state index < -0.39 is 23.4 Å². The first-order chi connectivity index (χ1) is 12.9. The molecule has 0 radical (unpaired) electrons. The molecule has 2 aromatic carbocycles. The second kappa shape index (κ2) is 8.03. The van der Waals surface area contributed by atoms with Gasteiger partial charge < -0.3 is 10.1 Å². The number of anilines is 1. The highest BCUT2D eigenvalue weighted by atomic mass is 79.9. The van der Waals surface area contributed by atoms with Gasteiger partial charge in [0.25, 0.3) is 11.6 Å². The number of carbonyl (C=O) groups is 2. The molecule has 0 saturated carbocycles. The summed E-state index contributed by atoms with van der Waals surface area (Å²) < 4.78 is 6.20. The third-order valence-corrected chi connectivity index (χ3v) is 5.80. The van der Waals surface area contributed by atoms with Crippen LogP contribution in [-0.4, -0.2) is 23.4 Å². The number of benzene rings is 2. The minimum absolute atomic E-state index is 0.120. The Morgan fingerprint density at radius 3 is 2.67 bits per heavy atom. The van der Waals surface area contributed by atoms with E-state index in [1.54, 1.807) is 6.07 Å². The summed E-state index contributed by atoms with van der Waals surface area (Å²) in [5.74, 6) is -1.28. The van der Waals surface area contributed by atoms with Crippen molar-refractivity contribution in [3.63, 3.8) is 0 Å². The van der Waals surface area contributed by atoms with Crippen molar-refractivity contribution in [2.24, 2.45) is 0 Å². The lowest BCUT2D eigenvalue weighted by Gasteiger charge is -2.08. The maximum atomic E-state index is 12.2. The number of thiophene rings is 1. The lowest BCUT2D eigenvalue weighted by atomic mass is 10.2. The van der Waals surface area contributed by atoms with Crippen LogP contribution in [0.4, 0.5) is 11.4 Å². The van der Waals surface area contributed by atoms with Gasteiger partial charge in [0.2, 0.25) is 0 Å². The number of amides is 1. The van der Waals surface area contributed by atoms with Crippen molar-refractivity contribution < 1.29 is 19.2 Å². The van der Waals surface area contributed by atoms with Gasteiger partial charge in [0.15, 0.2) is 6.61 Å². The predicted molar refractivity (Wildman–Crippen MR) is 107 cm³/mol. The molecule has 0 aliphatic rings. The molecule has 0 atom stereocenters. The van der Waals surface area contributed by atoms with Crippen molar-refractivity contribution in [3.05, 3.63) is 67.0 Å². The fourth-order valence-corrected chi connectivity index (χ4v) is 4.12. The zero-order valence-electron chi connectivity index (χ0n) is 13.4. The van der Waals surface area contributed by atoms with E-state index in [0.29, 0.717) is 15.2 Å². The molecule has 1 heterocycles. The molecule has 0 saturated heterocycles. The molecule has 1 N–H and O–H groups in total. The van der Waals surface area contributed by atoms with Gasteiger partial charge in [-0.25, -0.2) is 4.79 Å². The predicted octanol–water partition coefficient (Wildman–Crippen LogP) is 5.02. The number of esters is 1. The Balaban J connectivity index is 1.64. The third-order valence-electron chi connectivity index (χ3n) is 3.49. The van der Waals surface area contributed by atoms with Gasteiger partial charge in [0.1, 0.15) is 4.88 Å². The molecule has 1 aromatic heterocycles. The standard InChI is InChI=1S/C17H10BrClN2O5S/c18-11-7-9(21(24)25)5-6-12(11)20-14(22)8-26-17(23)16-15(19)10-3-1-2-4-13(10)27-16/h1-7H,8H2,(H,20,22). The number of rotatable bonds is 5. The van der Waals surface area contributed by atoms with Crippen LogP contribution in [0.2, 0.25) is 5.02 Å². The largest absolute Gasteiger partial charge is 0.451 e. The highest BCUT2D eigenvalue weighted by molar-refractivity contribution is 9.10. The van der Waals surface area contributed by atoms with Crippen molar-refractivity contribution >= 4 is 72.2 Å². The first kappa shape index (κ1) is 19.3. The number of ether oxygens (including phenoxy) is 1. The number of carbonyl (C=O) groups excluding carboxylic acids is 2. The van der Waals surface area contributed by atoms with E-state index in [1.165, 1.54) is 29.5 Å². The molecule has 0 fully saturated rings. The Morgan fingerprint density at radius 1 is 1.26 bits per heavy atom. The average Bonchev–Trinajstić information content (AvgIpc) is 2.98. The van der Waals surface area contributed by atoms with Crippen LogP contribution in [0.3, 0.4) is 0 Å². The fourth-order valence-electron chi connectivity index (χ4n) is 2.25. The normalized spacial score (nSPS) is 10.6. The Hall–Kier alpha value is -2.49. The molecular weight excluding hydrogens is 460 g/mol. The van der Waals surface area contributed by atoms with Gasteiger partial charge in [-0.1, -0.05) is 29.8 Å². The van der Waals surface area contributed by atoms with E-state index in [-0.39, 0.29) is 10.6 Å². The van der Waals surface area contributed by atoms with Crippen molar-refractivity contribution in [2.75, 3.05) is 11.9 Å². The van der Waals surface area contributed by atoms with Crippen LogP contribution in [0.5, 0.6) is 0 Å². The quantitative estimate of drug-likeness (QED) is 0.321. The van der Waals surface area contributed by atoms with Crippen molar-refractivity contribution in [1.29, 1.82) is 0 Å². The summed E-state index contributed by atoms with van der Waals surface area (Å²) in [5.41, 5.74) is 0.201. The summed E-state index contributed by atoms with van der Waals surface area (Å²) in [6.07, 6.45) is 0. The lowest BCUT2D eigenvalue weighted by molar-refractivity contribution is -0.384. The molecule has 27 heavy (non-hydrogen) atoms.